The van der Waals surface area contributed by atoms with Gasteiger partial charge in [0.15, 0.2) is 0 Å². The van der Waals surface area contributed by atoms with Crippen LogP contribution in [0.4, 0.5) is 10.5 Å². The van der Waals surface area contributed by atoms with Crippen LogP contribution in [0.25, 0.3) is 0 Å². The van der Waals surface area contributed by atoms with E-state index in [1.807, 2.05) is 25.1 Å². The van der Waals surface area contributed by atoms with Gasteiger partial charge < -0.3 is 15.4 Å². The second kappa shape index (κ2) is 7.61. The van der Waals surface area contributed by atoms with Crippen molar-refractivity contribution < 1.29 is 9.53 Å². The van der Waals surface area contributed by atoms with Crippen LogP contribution in [0, 0.1) is 6.92 Å². The zero-order chi connectivity index (χ0) is 14.4. The van der Waals surface area contributed by atoms with Crippen LogP contribution in [0.1, 0.15) is 5.56 Å². The van der Waals surface area contributed by atoms with E-state index in [9.17, 15) is 4.79 Å². The maximum absolute atomic E-state index is 11.8. The highest BCUT2D eigenvalue weighted by atomic mass is 79.9. The zero-order valence-electron chi connectivity index (χ0n) is 11.6. The van der Waals surface area contributed by atoms with E-state index >= 15 is 0 Å². The van der Waals surface area contributed by atoms with Crippen molar-refractivity contribution in [3.63, 3.8) is 0 Å². The summed E-state index contributed by atoms with van der Waals surface area (Å²) in [6, 6.07) is 5.57. The smallest absolute Gasteiger partial charge is 0.319 e. The number of anilines is 1. The first-order valence-electron chi connectivity index (χ1n) is 6.76. The number of urea groups is 1. The molecule has 2 amide bonds. The van der Waals surface area contributed by atoms with Crippen LogP contribution < -0.4 is 10.6 Å². The Hall–Kier alpha value is -1.11. The molecule has 0 radical (unpaired) electrons. The standard InChI is InChI=1S/C14H20BrN3O2/c1-11-10-12(2-3-13(11)15)17-14(19)16-4-5-18-6-8-20-9-7-18/h2-3,10H,4-9H2,1H3,(H2,16,17,19). The third kappa shape index (κ3) is 4.77. The van der Waals surface area contributed by atoms with Crippen LogP contribution in [0.3, 0.4) is 0 Å². The maximum Gasteiger partial charge on any atom is 0.319 e. The third-order valence-electron chi connectivity index (χ3n) is 3.23. The number of carbonyl (C=O) groups is 1. The lowest BCUT2D eigenvalue weighted by Crippen LogP contribution is -2.42. The minimum absolute atomic E-state index is 0.167. The molecule has 1 fully saturated rings. The minimum atomic E-state index is -0.167. The Kier molecular flexibility index (Phi) is 5.82. The molecule has 0 bridgehead atoms. The highest BCUT2D eigenvalue weighted by Gasteiger charge is 2.10. The number of hydrogen-bond acceptors (Lipinski definition) is 3. The molecule has 0 aliphatic carbocycles. The summed E-state index contributed by atoms with van der Waals surface area (Å²) in [5.74, 6) is 0. The fourth-order valence-corrected chi connectivity index (χ4v) is 2.30. The Labute approximate surface area is 127 Å². The van der Waals surface area contributed by atoms with E-state index in [-0.39, 0.29) is 6.03 Å². The molecule has 2 N–H and O–H groups in total. The van der Waals surface area contributed by atoms with Crippen LogP contribution in [0.5, 0.6) is 0 Å². The molecule has 1 saturated heterocycles. The van der Waals surface area contributed by atoms with E-state index in [1.54, 1.807) is 0 Å². The average molecular weight is 342 g/mol. The quantitative estimate of drug-likeness (QED) is 0.882. The zero-order valence-corrected chi connectivity index (χ0v) is 13.2. The molecule has 1 aliphatic rings. The van der Waals surface area contributed by atoms with Crippen molar-refractivity contribution in [3.8, 4) is 0 Å². The Morgan fingerprint density at radius 3 is 2.85 bits per heavy atom. The first kappa shape index (κ1) is 15.3. The van der Waals surface area contributed by atoms with Gasteiger partial charge in [0.25, 0.3) is 0 Å². The summed E-state index contributed by atoms with van der Waals surface area (Å²) < 4.78 is 6.32. The van der Waals surface area contributed by atoms with E-state index in [1.165, 1.54) is 0 Å². The SMILES string of the molecule is Cc1cc(NC(=O)NCCN2CCOCC2)ccc1Br. The largest absolute Gasteiger partial charge is 0.379 e. The summed E-state index contributed by atoms with van der Waals surface area (Å²) in [5.41, 5.74) is 1.89. The number of nitrogens with zero attached hydrogens (tertiary/aromatic N) is 1. The van der Waals surface area contributed by atoms with Gasteiger partial charge in [-0.1, -0.05) is 15.9 Å². The van der Waals surface area contributed by atoms with Gasteiger partial charge in [0.05, 0.1) is 13.2 Å². The Morgan fingerprint density at radius 1 is 1.40 bits per heavy atom. The van der Waals surface area contributed by atoms with Crippen LogP contribution in [0.15, 0.2) is 22.7 Å². The summed E-state index contributed by atoms with van der Waals surface area (Å²) >= 11 is 3.44. The molecular formula is C14H20BrN3O2. The monoisotopic (exact) mass is 341 g/mol. The van der Waals surface area contributed by atoms with Gasteiger partial charge >= 0.3 is 6.03 Å². The first-order chi connectivity index (χ1) is 9.65. The van der Waals surface area contributed by atoms with Crippen molar-refractivity contribution in [2.45, 2.75) is 6.92 Å². The summed E-state index contributed by atoms with van der Waals surface area (Å²) in [7, 11) is 0. The first-order valence-corrected chi connectivity index (χ1v) is 7.55. The number of amides is 2. The predicted molar refractivity (Wildman–Crippen MR) is 83.2 cm³/mol. The van der Waals surface area contributed by atoms with Crippen LogP contribution in [-0.2, 0) is 4.74 Å². The Bertz CT molecular complexity index is 462. The van der Waals surface area contributed by atoms with Gasteiger partial charge in [0.2, 0.25) is 0 Å². The molecule has 0 saturated carbocycles. The molecule has 1 aliphatic heterocycles. The van der Waals surface area contributed by atoms with Crippen molar-refractivity contribution in [1.82, 2.24) is 10.2 Å². The van der Waals surface area contributed by atoms with Gasteiger partial charge in [-0.05, 0) is 30.7 Å². The number of nitrogens with one attached hydrogen (secondary N) is 2. The van der Waals surface area contributed by atoms with Crippen molar-refractivity contribution in [1.29, 1.82) is 0 Å². The lowest BCUT2D eigenvalue weighted by atomic mass is 10.2. The molecule has 1 aromatic rings. The van der Waals surface area contributed by atoms with E-state index in [0.29, 0.717) is 6.54 Å². The van der Waals surface area contributed by atoms with Crippen molar-refractivity contribution >= 4 is 27.6 Å². The normalized spacial score (nSPS) is 15.9. The molecule has 110 valence electrons. The van der Waals surface area contributed by atoms with Crippen molar-refractivity contribution in [3.05, 3.63) is 28.2 Å². The van der Waals surface area contributed by atoms with E-state index < -0.39 is 0 Å². The van der Waals surface area contributed by atoms with Crippen LogP contribution >= 0.6 is 15.9 Å². The predicted octanol–water partition coefficient (Wildman–Crippen LogP) is 2.21. The minimum Gasteiger partial charge on any atom is -0.379 e. The van der Waals surface area contributed by atoms with E-state index in [0.717, 1.165) is 48.6 Å². The fourth-order valence-electron chi connectivity index (χ4n) is 2.05. The molecule has 5 nitrogen and oxygen atoms in total. The number of benzene rings is 1. The number of hydrogen-bond donors (Lipinski definition) is 2. The van der Waals surface area contributed by atoms with Crippen LogP contribution in [-0.4, -0.2) is 50.3 Å². The number of carbonyl (C=O) groups excluding carboxylic acids is 1. The molecule has 0 spiro atoms. The second-order valence-corrected chi connectivity index (χ2v) is 5.65. The summed E-state index contributed by atoms with van der Waals surface area (Å²) in [6.45, 7) is 6.93. The number of ether oxygens (including phenoxy) is 1. The van der Waals surface area contributed by atoms with Gasteiger partial charge in [-0.2, -0.15) is 0 Å². The summed E-state index contributed by atoms with van der Waals surface area (Å²) in [5, 5.41) is 5.70. The average Bonchev–Trinajstić information content (AvgIpc) is 2.44. The summed E-state index contributed by atoms with van der Waals surface area (Å²) in [4.78, 5) is 14.1. The highest BCUT2D eigenvalue weighted by Crippen LogP contribution is 2.19. The molecule has 1 aromatic carbocycles. The summed E-state index contributed by atoms with van der Waals surface area (Å²) in [6.07, 6.45) is 0. The molecule has 6 heteroatoms. The molecule has 0 aromatic heterocycles. The Morgan fingerprint density at radius 2 is 2.15 bits per heavy atom. The molecule has 0 atom stereocenters. The molecular weight excluding hydrogens is 322 g/mol. The van der Waals surface area contributed by atoms with E-state index in [2.05, 4.69) is 31.5 Å². The Balaban J connectivity index is 1.70. The number of halogens is 1. The van der Waals surface area contributed by atoms with Gasteiger partial charge in [-0.25, -0.2) is 4.79 Å². The number of aryl methyl sites for hydroxylation is 1. The van der Waals surface area contributed by atoms with Crippen molar-refractivity contribution in [2.75, 3.05) is 44.7 Å². The number of morpholine rings is 1. The van der Waals surface area contributed by atoms with Crippen LogP contribution in [0.2, 0.25) is 0 Å². The van der Waals surface area contributed by atoms with Crippen molar-refractivity contribution in [2.24, 2.45) is 0 Å². The van der Waals surface area contributed by atoms with Gasteiger partial charge in [-0.3, -0.25) is 4.90 Å². The molecule has 20 heavy (non-hydrogen) atoms. The number of rotatable bonds is 4. The third-order valence-corrected chi connectivity index (χ3v) is 4.12. The van der Waals surface area contributed by atoms with Gasteiger partial charge in [0, 0.05) is 36.3 Å². The van der Waals surface area contributed by atoms with Gasteiger partial charge in [-0.15, -0.1) is 0 Å². The highest BCUT2D eigenvalue weighted by molar-refractivity contribution is 9.10. The lowest BCUT2D eigenvalue weighted by Gasteiger charge is -2.26. The maximum atomic E-state index is 11.8. The molecule has 2 rings (SSSR count). The topological polar surface area (TPSA) is 53.6 Å². The molecule has 1 heterocycles. The lowest BCUT2D eigenvalue weighted by molar-refractivity contribution is 0.0388. The van der Waals surface area contributed by atoms with E-state index in [4.69, 9.17) is 4.74 Å². The fraction of sp³-hybridized carbons (Fsp3) is 0.500. The second-order valence-electron chi connectivity index (χ2n) is 4.80. The van der Waals surface area contributed by atoms with Gasteiger partial charge in [0.1, 0.15) is 0 Å². The molecule has 0 unspecified atom stereocenters.